The Morgan fingerprint density at radius 1 is 1.25 bits per heavy atom. The average molecular weight is 350 g/mol. The van der Waals surface area contributed by atoms with E-state index in [1.807, 2.05) is 36.6 Å². The van der Waals surface area contributed by atoms with Crippen molar-refractivity contribution in [3.63, 3.8) is 0 Å². The van der Waals surface area contributed by atoms with Gasteiger partial charge in [-0.15, -0.1) is 11.3 Å². The summed E-state index contributed by atoms with van der Waals surface area (Å²) in [5, 5.41) is 6.27. The molecule has 2 heterocycles. The van der Waals surface area contributed by atoms with Crippen molar-refractivity contribution in [2.45, 2.75) is 6.92 Å². The van der Waals surface area contributed by atoms with Crippen LogP contribution in [-0.2, 0) is 0 Å². The van der Waals surface area contributed by atoms with Crippen molar-refractivity contribution in [3.8, 4) is 0 Å². The molecule has 5 nitrogen and oxygen atoms in total. The molecule has 0 radical (unpaired) electrons. The molecular formula is C13H12BrN5S. The van der Waals surface area contributed by atoms with Crippen LogP contribution in [0, 0.1) is 6.92 Å². The molecule has 4 N–H and O–H groups in total. The SMILES string of the molecule is Cc1ccc(Nc2nc(NN)nc3sccc23)cc1Br. The van der Waals surface area contributed by atoms with Gasteiger partial charge in [0.2, 0.25) is 5.95 Å². The lowest BCUT2D eigenvalue weighted by atomic mass is 10.2. The molecule has 0 aliphatic carbocycles. The van der Waals surface area contributed by atoms with Crippen LogP contribution in [0.5, 0.6) is 0 Å². The summed E-state index contributed by atoms with van der Waals surface area (Å²) in [5.74, 6) is 6.54. The smallest absolute Gasteiger partial charge is 0.240 e. The maximum atomic E-state index is 5.41. The van der Waals surface area contributed by atoms with Crippen LogP contribution in [0.2, 0.25) is 0 Å². The van der Waals surface area contributed by atoms with Gasteiger partial charge >= 0.3 is 0 Å². The number of nitrogens with two attached hydrogens (primary N) is 1. The van der Waals surface area contributed by atoms with Crippen LogP contribution in [0.1, 0.15) is 5.56 Å². The first-order valence-electron chi connectivity index (χ1n) is 5.92. The summed E-state index contributed by atoms with van der Waals surface area (Å²) in [7, 11) is 0. The van der Waals surface area contributed by atoms with Crippen molar-refractivity contribution < 1.29 is 0 Å². The first-order chi connectivity index (χ1) is 9.67. The Balaban J connectivity index is 2.04. The van der Waals surface area contributed by atoms with Crippen molar-refractivity contribution in [2.75, 3.05) is 10.7 Å². The zero-order valence-corrected chi connectivity index (χ0v) is 13.0. The summed E-state index contributed by atoms with van der Waals surface area (Å²) < 4.78 is 1.05. The summed E-state index contributed by atoms with van der Waals surface area (Å²) >= 11 is 5.08. The van der Waals surface area contributed by atoms with Crippen molar-refractivity contribution >= 4 is 54.9 Å². The van der Waals surface area contributed by atoms with E-state index < -0.39 is 0 Å². The minimum atomic E-state index is 0.397. The van der Waals surface area contributed by atoms with Gasteiger partial charge in [-0.25, -0.2) is 10.8 Å². The molecule has 102 valence electrons. The van der Waals surface area contributed by atoms with E-state index in [4.69, 9.17) is 5.84 Å². The number of aromatic nitrogens is 2. The van der Waals surface area contributed by atoms with Gasteiger partial charge in [-0.3, -0.25) is 5.43 Å². The Morgan fingerprint density at radius 3 is 2.85 bits per heavy atom. The van der Waals surface area contributed by atoms with Gasteiger partial charge in [-0.05, 0) is 36.1 Å². The number of benzene rings is 1. The highest BCUT2D eigenvalue weighted by Gasteiger charge is 2.09. The van der Waals surface area contributed by atoms with Crippen molar-refractivity contribution in [1.29, 1.82) is 0 Å². The molecule has 0 saturated carbocycles. The van der Waals surface area contributed by atoms with Gasteiger partial charge in [-0.2, -0.15) is 4.98 Å². The standard InChI is InChI=1S/C13H12BrN5S/c1-7-2-3-8(6-10(7)14)16-11-9-4-5-20-12(9)18-13(17-11)19-15/h2-6H,15H2,1H3,(H2,16,17,18,19). The van der Waals surface area contributed by atoms with Crippen LogP contribution in [0.4, 0.5) is 17.5 Å². The Morgan fingerprint density at radius 2 is 2.10 bits per heavy atom. The number of thiophene rings is 1. The zero-order valence-electron chi connectivity index (χ0n) is 10.6. The van der Waals surface area contributed by atoms with Gasteiger partial charge in [-0.1, -0.05) is 22.0 Å². The second kappa shape index (κ2) is 5.35. The topological polar surface area (TPSA) is 75.9 Å². The molecule has 0 aliphatic heterocycles. The molecule has 0 amide bonds. The third kappa shape index (κ3) is 2.47. The van der Waals surface area contributed by atoms with Crippen LogP contribution in [0.15, 0.2) is 34.1 Å². The predicted molar refractivity (Wildman–Crippen MR) is 87.4 cm³/mol. The van der Waals surface area contributed by atoms with E-state index in [-0.39, 0.29) is 0 Å². The van der Waals surface area contributed by atoms with Crippen molar-refractivity contribution in [1.82, 2.24) is 9.97 Å². The predicted octanol–water partition coefficient (Wildman–Crippen LogP) is 3.79. The highest BCUT2D eigenvalue weighted by Crippen LogP contribution is 2.29. The number of anilines is 3. The molecule has 2 aromatic heterocycles. The van der Waals surface area contributed by atoms with E-state index in [0.29, 0.717) is 5.95 Å². The lowest BCUT2D eigenvalue weighted by molar-refractivity contribution is 1.16. The van der Waals surface area contributed by atoms with E-state index in [1.165, 1.54) is 5.56 Å². The highest BCUT2D eigenvalue weighted by molar-refractivity contribution is 9.10. The lowest BCUT2D eigenvalue weighted by Gasteiger charge is -2.09. The van der Waals surface area contributed by atoms with Crippen LogP contribution < -0.4 is 16.6 Å². The third-order valence-electron chi connectivity index (χ3n) is 2.89. The maximum absolute atomic E-state index is 5.41. The van der Waals surface area contributed by atoms with E-state index in [1.54, 1.807) is 11.3 Å². The van der Waals surface area contributed by atoms with E-state index >= 15 is 0 Å². The molecule has 0 atom stereocenters. The Hall–Kier alpha value is -1.70. The normalized spacial score (nSPS) is 10.8. The fourth-order valence-corrected chi connectivity index (χ4v) is 2.97. The molecule has 3 aromatic rings. The van der Waals surface area contributed by atoms with Gasteiger partial charge in [0, 0.05) is 10.2 Å². The van der Waals surface area contributed by atoms with Crippen molar-refractivity contribution in [3.05, 3.63) is 39.7 Å². The zero-order chi connectivity index (χ0) is 14.1. The molecule has 1 aromatic carbocycles. The first-order valence-corrected chi connectivity index (χ1v) is 7.59. The Bertz CT molecular complexity index is 771. The summed E-state index contributed by atoms with van der Waals surface area (Å²) in [6.45, 7) is 2.05. The van der Waals surface area contributed by atoms with Crippen LogP contribution >= 0.6 is 27.3 Å². The summed E-state index contributed by atoms with van der Waals surface area (Å²) in [6, 6.07) is 8.06. The third-order valence-corrected chi connectivity index (χ3v) is 4.55. The summed E-state index contributed by atoms with van der Waals surface area (Å²) in [5.41, 5.74) is 4.63. The van der Waals surface area contributed by atoms with E-state index in [2.05, 4.69) is 36.6 Å². The van der Waals surface area contributed by atoms with Crippen LogP contribution in [0.25, 0.3) is 10.2 Å². The van der Waals surface area contributed by atoms with Crippen LogP contribution in [0.3, 0.4) is 0 Å². The Kier molecular flexibility index (Phi) is 3.56. The quantitative estimate of drug-likeness (QED) is 0.495. The highest BCUT2D eigenvalue weighted by atomic mass is 79.9. The number of hydrogen-bond donors (Lipinski definition) is 3. The number of hydrazine groups is 1. The number of hydrogen-bond acceptors (Lipinski definition) is 6. The summed E-state index contributed by atoms with van der Waals surface area (Å²) in [6.07, 6.45) is 0. The molecule has 3 rings (SSSR count). The molecule has 7 heteroatoms. The number of nitrogens with one attached hydrogen (secondary N) is 2. The number of fused-ring (bicyclic) bond motifs is 1. The van der Waals surface area contributed by atoms with Gasteiger partial charge in [0.25, 0.3) is 0 Å². The maximum Gasteiger partial charge on any atom is 0.240 e. The number of rotatable bonds is 3. The number of nitrogen functional groups attached to an aromatic ring is 1. The lowest BCUT2D eigenvalue weighted by Crippen LogP contribution is -2.11. The molecule has 0 saturated heterocycles. The fourth-order valence-electron chi connectivity index (χ4n) is 1.82. The number of aryl methyl sites for hydroxylation is 1. The second-order valence-corrected chi connectivity index (χ2v) is 6.02. The average Bonchev–Trinajstić information content (AvgIpc) is 2.91. The minimum absolute atomic E-state index is 0.397. The van der Waals surface area contributed by atoms with Gasteiger partial charge < -0.3 is 5.32 Å². The van der Waals surface area contributed by atoms with Gasteiger partial charge in [0.15, 0.2) is 0 Å². The molecule has 0 unspecified atom stereocenters. The first kappa shape index (κ1) is 13.3. The van der Waals surface area contributed by atoms with E-state index in [0.717, 1.165) is 26.2 Å². The molecule has 0 fully saturated rings. The molecule has 20 heavy (non-hydrogen) atoms. The summed E-state index contributed by atoms with van der Waals surface area (Å²) in [4.78, 5) is 9.57. The molecule has 0 spiro atoms. The van der Waals surface area contributed by atoms with Crippen LogP contribution in [-0.4, -0.2) is 9.97 Å². The molecule has 0 aliphatic rings. The number of halogens is 1. The molecule has 0 bridgehead atoms. The fraction of sp³-hybridized carbons (Fsp3) is 0.0769. The van der Waals surface area contributed by atoms with Gasteiger partial charge in [0.05, 0.1) is 5.39 Å². The molecular weight excluding hydrogens is 338 g/mol. The second-order valence-electron chi connectivity index (χ2n) is 4.27. The largest absolute Gasteiger partial charge is 0.339 e. The van der Waals surface area contributed by atoms with Crippen molar-refractivity contribution in [2.24, 2.45) is 5.84 Å². The van der Waals surface area contributed by atoms with E-state index in [9.17, 15) is 0 Å². The Labute approximate surface area is 128 Å². The monoisotopic (exact) mass is 349 g/mol. The van der Waals surface area contributed by atoms with Gasteiger partial charge in [0.1, 0.15) is 10.6 Å². The number of nitrogens with zero attached hydrogens (tertiary/aromatic N) is 2. The minimum Gasteiger partial charge on any atom is -0.339 e.